The van der Waals surface area contributed by atoms with Gasteiger partial charge in [-0.3, -0.25) is 9.59 Å². The van der Waals surface area contributed by atoms with E-state index in [4.69, 9.17) is 5.11 Å². The average molecular weight is 193 g/mol. The van der Waals surface area contributed by atoms with E-state index in [2.05, 4.69) is 4.99 Å². The van der Waals surface area contributed by atoms with Crippen molar-refractivity contribution in [1.29, 1.82) is 0 Å². The molecule has 2 rings (SSSR count). The standard InChI is InChI=1S/C10H11NO3/c1-10(9(13)14)4-7(6-2-3-6)8(12)11-5-10/h4-6H,2-3H2,1H3,(H,13,14). The number of amides is 1. The van der Waals surface area contributed by atoms with E-state index in [1.807, 2.05) is 0 Å². The van der Waals surface area contributed by atoms with Crippen molar-refractivity contribution in [3.8, 4) is 0 Å². The van der Waals surface area contributed by atoms with Crippen LogP contribution in [0.5, 0.6) is 0 Å². The predicted molar refractivity (Wildman–Crippen MR) is 50.0 cm³/mol. The summed E-state index contributed by atoms with van der Waals surface area (Å²) in [6.45, 7) is 1.55. The first kappa shape index (κ1) is 9.12. The molecule has 0 spiro atoms. The minimum atomic E-state index is -1.11. The van der Waals surface area contributed by atoms with Crippen LogP contribution in [0.25, 0.3) is 0 Å². The molecule has 1 saturated carbocycles. The molecule has 0 radical (unpaired) electrons. The van der Waals surface area contributed by atoms with E-state index in [1.54, 1.807) is 13.0 Å². The highest BCUT2D eigenvalue weighted by Crippen LogP contribution is 2.40. The number of nitrogens with zero attached hydrogens (tertiary/aromatic N) is 1. The Morgan fingerprint density at radius 3 is 2.79 bits per heavy atom. The van der Waals surface area contributed by atoms with Crippen molar-refractivity contribution in [1.82, 2.24) is 0 Å². The molecule has 0 aromatic heterocycles. The lowest BCUT2D eigenvalue weighted by Crippen LogP contribution is -2.31. The lowest BCUT2D eigenvalue weighted by atomic mass is 9.86. The minimum absolute atomic E-state index is 0.249. The van der Waals surface area contributed by atoms with Gasteiger partial charge in [0.1, 0.15) is 5.41 Å². The fourth-order valence-corrected chi connectivity index (χ4v) is 1.49. The van der Waals surface area contributed by atoms with Gasteiger partial charge in [0, 0.05) is 11.8 Å². The quantitative estimate of drug-likeness (QED) is 0.712. The monoisotopic (exact) mass is 193 g/mol. The molecule has 1 N–H and O–H groups in total. The zero-order chi connectivity index (χ0) is 10.3. The van der Waals surface area contributed by atoms with Gasteiger partial charge in [0.05, 0.1) is 0 Å². The number of aliphatic imine (C=N–C) groups is 1. The molecule has 1 aliphatic heterocycles. The normalized spacial score (nSPS) is 31.5. The molecule has 14 heavy (non-hydrogen) atoms. The number of hydrogen-bond donors (Lipinski definition) is 1. The number of carboxylic acids is 1. The molecule has 0 aromatic carbocycles. The summed E-state index contributed by atoms with van der Waals surface area (Å²) in [6, 6.07) is 0. The van der Waals surface area contributed by atoms with Gasteiger partial charge in [-0.15, -0.1) is 0 Å². The first-order valence-corrected chi connectivity index (χ1v) is 4.58. The molecule has 1 fully saturated rings. The summed E-state index contributed by atoms with van der Waals surface area (Å²) in [4.78, 5) is 25.9. The van der Waals surface area contributed by atoms with Crippen LogP contribution in [-0.2, 0) is 9.59 Å². The number of dihydropyridines is 1. The van der Waals surface area contributed by atoms with Crippen molar-refractivity contribution in [2.45, 2.75) is 19.8 Å². The maximum absolute atomic E-state index is 11.3. The third kappa shape index (κ3) is 1.36. The van der Waals surface area contributed by atoms with E-state index in [-0.39, 0.29) is 11.8 Å². The van der Waals surface area contributed by atoms with Crippen LogP contribution in [0.1, 0.15) is 19.8 Å². The van der Waals surface area contributed by atoms with Crippen LogP contribution >= 0.6 is 0 Å². The first-order chi connectivity index (χ1) is 6.53. The number of rotatable bonds is 2. The molecule has 2 aliphatic rings. The fraction of sp³-hybridized carbons (Fsp3) is 0.500. The van der Waals surface area contributed by atoms with Crippen LogP contribution in [-0.4, -0.2) is 23.2 Å². The highest BCUT2D eigenvalue weighted by atomic mass is 16.4. The summed E-state index contributed by atoms with van der Waals surface area (Å²) in [7, 11) is 0. The van der Waals surface area contributed by atoms with Crippen LogP contribution in [0.3, 0.4) is 0 Å². The molecular formula is C10H11NO3. The Balaban J connectivity index is 2.35. The van der Waals surface area contributed by atoms with E-state index in [0.717, 1.165) is 12.8 Å². The Hall–Kier alpha value is -1.45. The Morgan fingerprint density at radius 1 is 1.64 bits per heavy atom. The van der Waals surface area contributed by atoms with Gasteiger partial charge < -0.3 is 5.11 Å². The zero-order valence-electron chi connectivity index (χ0n) is 7.86. The summed E-state index contributed by atoms with van der Waals surface area (Å²) < 4.78 is 0. The van der Waals surface area contributed by atoms with Gasteiger partial charge in [-0.05, 0) is 25.7 Å². The molecule has 1 amide bonds. The first-order valence-electron chi connectivity index (χ1n) is 4.58. The van der Waals surface area contributed by atoms with Crippen molar-refractivity contribution in [2.24, 2.45) is 16.3 Å². The van der Waals surface area contributed by atoms with Crippen LogP contribution in [0.2, 0.25) is 0 Å². The number of hydrogen-bond acceptors (Lipinski definition) is 2. The molecule has 1 atom stereocenters. The van der Waals surface area contributed by atoms with Crippen LogP contribution in [0.4, 0.5) is 0 Å². The predicted octanol–water partition coefficient (Wildman–Crippen LogP) is 1.02. The average Bonchev–Trinajstić information content (AvgIpc) is 2.92. The summed E-state index contributed by atoms with van der Waals surface area (Å²) in [5, 5.41) is 8.96. The molecule has 1 aliphatic carbocycles. The largest absolute Gasteiger partial charge is 0.480 e. The number of carbonyl (C=O) groups excluding carboxylic acids is 1. The van der Waals surface area contributed by atoms with Gasteiger partial charge in [0.25, 0.3) is 5.91 Å². The molecule has 4 heteroatoms. The van der Waals surface area contributed by atoms with Gasteiger partial charge in [0.2, 0.25) is 0 Å². The molecule has 0 bridgehead atoms. The van der Waals surface area contributed by atoms with Crippen molar-refractivity contribution in [3.05, 3.63) is 11.6 Å². The van der Waals surface area contributed by atoms with Crippen molar-refractivity contribution >= 4 is 18.1 Å². The van der Waals surface area contributed by atoms with Crippen LogP contribution < -0.4 is 0 Å². The lowest BCUT2D eigenvalue weighted by molar-refractivity contribution is -0.141. The minimum Gasteiger partial charge on any atom is -0.480 e. The second-order valence-electron chi connectivity index (χ2n) is 4.03. The topological polar surface area (TPSA) is 66.7 Å². The summed E-state index contributed by atoms with van der Waals surface area (Å²) in [6.07, 6.45) is 4.71. The Morgan fingerprint density at radius 2 is 2.29 bits per heavy atom. The summed E-state index contributed by atoms with van der Waals surface area (Å²) in [5.74, 6) is -0.989. The van der Waals surface area contributed by atoms with E-state index in [0.29, 0.717) is 5.57 Å². The second-order valence-corrected chi connectivity index (χ2v) is 4.03. The molecule has 74 valence electrons. The third-order valence-electron chi connectivity index (χ3n) is 2.63. The van der Waals surface area contributed by atoms with Crippen molar-refractivity contribution in [2.75, 3.05) is 0 Å². The Kier molecular flexibility index (Phi) is 1.80. The maximum atomic E-state index is 11.3. The molecule has 4 nitrogen and oxygen atoms in total. The van der Waals surface area contributed by atoms with Crippen molar-refractivity contribution in [3.63, 3.8) is 0 Å². The Bertz CT molecular complexity index is 366. The molecule has 1 unspecified atom stereocenters. The Labute approximate surface area is 81.3 Å². The highest BCUT2D eigenvalue weighted by Gasteiger charge is 2.39. The maximum Gasteiger partial charge on any atom is 0.318 e. The number of aliphatic carboxylic acids is 1. The summed E-state index contributed by atoms with van der Waals surface area (Å²) in [5.41, 5.74) is -0.524. The molecule has 1 heterocycles. The van der Waals surface area contributed by atoms with E-state index in [9.17, 15) is 9.59 Å². The number of carbonyl (C=O) groups is 2. The van der Waals surface area contributed by atoms with Gasteiger partial charge in [-0.1, -0.05) is 6.08 Å². The fourth-order valence-electron chi connectivity index (χ4n) is 1.49. The van der Waals surface area contributed by atoms with E-state index >= 15 is 0 Å². The molecule has 0 aromatic rings. The lowest BCUT2D eigenvalue weighted by Gasteiger charge is -2.20. The molecular weight excluding hydrogens is 182 g/mol. The molecule has 0 saturated heterocycles. The third-order valence-corrected chi connectivity index (χ3v) is 2.63. The highest BCUT2D eigenvalue weighted by molar-refractivity contribution is 6.09. The van der Waals surface area contributed by atoms with Gasteiger partial charge in [-0.2, -0.15) is 0 Å². The smallest absolute Gasteiger partial charge is 0.318 e. The summed E-state index contributed by atoms with van der Waals surface area (Å²) >= 11 is 0. The van der Waals surface area contributed by atoms with Crippen molar-refractivity contribution < 1.29 is 14.7 Å². The van der Waals surface area contributed by atoms with E-state index < -0.39 is 11.4 Å². The number of carboxylic acid groups (broad SMARTS) is 1. The second kappa shape index (κ2) is 2.77. The SMILES string of the molecule is CC1(C(=O)O)C=NC(=O)C(C2CC2)=C1. The van der Waals surface area contributed by atoms with Gasteiger partial charge in [-0.25, -0.2) is 4.99 Å². The van der Waals surface area contributed by atoms with Crippen LogP contribution in [0, 0.1) is 11.3 Å². The van der Waals surface area contributed by atoms with E-state index in [1.165, 1.54) is 6.21 Å². The van der Waals surface area contributed by atoms with Gasteiger partial charge >= 0.3 is 5.97 Å². The zero-order valence-corrected chi connectivity index (χ0v) is 7.86. The van der Waals surface area contributed by atoms with Gasteiger partial charge in [0.15, 0.2) is 0 Å². The van der Waals surface area contributed by atoms with Crippen LogP contribution in [0.15, 0.2) is 16.6 Å².